The van der Waals surface area contributed by atoms with Gasteiger partial charge < -0.3 is 20.1 Å². The molecule has 0 saturated heterocycles. The van der Waals surface area contributed by atoms with Crippen LogP contribution in [0, 0.1) is 0 Å². The molecule has 1 unspecified atom stereocenters. The highest BCUT2D eigenvalue weighted by atomic mass is 33.5. The highest BCUT2D eigenvalue weighted by Crippen LogP contribution is 2.25. The van der Waals surface area contributed by atoms with Crippen molar-refractivity contribution in [1.82, 2.24) is 0 Å². The van der Waals surface area contributed by atoms with E-state index in [9.17, 15) is 4.79 Å². The fraction of sp³-hybridized carbons (Fsp3) is 0.833. The molecule has 5 nitrogen and oxygen atoms in total. The van der Waals surface area contributed by atoms with E-state index in [2.05, 4.69) is 16.4 Å². The Hall–Kier alpha value is 0.400. The van der Waals surface area contributed by atoms with E-state index >= 15 is 0 Å². The molecule has 0 saturated carbocycles. The van der Waals surface area contributed by atoms with Crippen molar-refractivity contribution in [2.24, 2.45) is 0 Å². The fourth-order valence-corrected chi connectivity index (χ4v) is 1.84. The number of hydrogen-bond acceptors (Lipinski definition) is 8. The van der Waals surface area contributed by atoms with Gasteiger partial charge in [-0.05, 0) is 16.2 Å². The van der Waals surface area contributed by atoms with Gasteiger partial charge in [0.2, 0.25) is 0 Å². The number of thiol groups is 1. The Bertz CT molecular complexity index is 181. The van der Waals surface area contributed by atoms with Crippen molar-refractivity contribution in [2.45, 2.75) is 25.4 Å². The number of esters is 1. The summed E-state index contributed by atoms with van der Waals surface area (Å²) in [6.07, 6.45) is -1.23. The monoisotopic (exact) mass is 260 g/mol. The molecule has 0 bridgehead atoms. The van der Waals surface area contributed by atoms with Gasteiger partial charge >= 0.3 is 11.9 Å². The van der Waals surface area contributed by atoms with Crippen LogP contribution in [0.3, 0.4) is 0 Å². The molecular weight excluding hydrogens is 248 g/mol. The molecule has 0 spiro atoms. The topological polar surface area (TPSA) is 87.0 Å². The summed E-state index contributed by atoms with van der Waals surface area (Å²) in [6.45, 7) is 1.55. The van der Waals surface area contributed by atoms with Gasteiger partial charge in [-0.2, -0.15) is 0 Å². The second-order valence-electron chi connectivity index (χ2n) is 2.41. The van der Waals surface area contributed by atoms with Crippen LogP contribution < -0.4 is 0 Å². The first kappa shape index (κ1) is 14.4. The van der Waals surface area contributed by atoms with E-state index < -0.39 is 18.0 Å². The van der Waals surface area contributed by atoms with Crippen LogP contribution in [0.15, 0.2) is 0 Å². The fourth-order valence-electron chi connectivity index (χ4n) is 0.703. The number of carbonyl (C=O) groups is 1. The number of rotatable bonds is 6. The first-order chi connectivity index (χ1) is 6.41. The standard InChI is InChI=1S/C6H12O5S3/c1-2-4(6(8,9)10)11-5(7)3-13-14-12/h4,8-10,12H,2-3H2,1H3. The molecular formula is C6H12O5S3. The molecule has 0 aromatic carbocycles. The average Bonchev–Trinajstić information content (AvgIpc) is 2.08. The van der Waals surface area contributed by atoms with E-state index in [4.69, 9.17) is 15.3 Å². The van der Waals surface area contributed by atoms with E-state index in [0.717, 1.165) is 20.6 Å². The molecule has 0 aliphatic carbocycles. The average molecular weight is 260 g/mol. The van der Waals surface area contributed by atoms with Crippen molar-refractivity contribution in [1.29, 1.82) is 0 Å². The number of ether oxygens (including phenoxy) is 1. The molecule has 1 atom stereocenters. The van der Waals surface area contributed by atoms with Gasteiger partial charge in [0.25, 0.3) is 0 Å². The minimum Gasteiger partial charge on any atom is -0.453 e. The Labute approximate surface area is 94.4 Å². The van der Waals surface area contributed by atoms with E-state index in [1.54, 1.807) is 6.92 Å². The molecule has 14 heavy (non-hydrogen) atoms. The largest absolute Gasteiger partial charge is 0.453 e. The second kappa shape index (κ2) is 6.81. The molecule has 0 radical (unpaired) electrons. The minimum absolute atomic E-state index is 0.0285. The van der Waals surface area contributed by atoms with Crippen LogP contribution in [0.25, 0.3) is 0 Å². The quantitative estimate of drug-likeness (QED) is 0.234. The van der Waals surface area contributed by atoms with E-state index in [-0.39, 0.29) is 12.2 Å². The van der Waals surface area contributed by atoms with Crippen molar-refractivity contribution in [3.05, 3.63) is 0 Å². The Morgan fingerprint density at radius 1 is 1.57 bits per heavy atom. The maximum Gasteiger partial charge on any atom is 0.317 e. The zero-order chi connectivity index (χ0) is 11.2. The van der Waals surface area contributed by atoms with Crippen molar-refractivity contribution < 1.29 is 24.9 Å². The summed E-state index contributed by atoms with van der Waals surface area (Å²) in [7, 11) is 2.24. The second-order valence-corrected chi connectivity index (χ2v) is 5.58. The summed E-state index contributed by atoms with van der Waals surface area (Å²) in [5.41, 5.74) is 0. The molecule has 0 aromatic rings. The van der Waals surface area contributed by atoms with Crippen LogP contribution in [0.4, 0.5) is 0 Å². The van der Waals surface area contributed by atoms with Crippen molar-refractivity contribution in [2.75, 3.05) is 5.75 Å². The lowest BCUT2D eigenvalue weighted by Crippen LogP contribution is -2.44. The predicted molar refractivity (Wildman–Crippen MR) is 58.6 cm³/mol. The van der Waals surface area contributed by atoms with Gasteiger partial charge in [0.05, 0.1) is 0 Å². The lowest BCUT2D eigenvalue weighted by atomic mass is 10.2. The van der Waals surface area contributed by atoms with Gasteiger partial charge in [-0.15, -0.1) is 0 Å². The molecule has 0 aliphatic rings. The van der Waals surface area contributed by atoms with Crippen molar-refractivity contribution in [3.8, 4) is 0 Å². The van der Waals surface area contributed by atoms with Gasteiger partial charge in [0, 0.05) is 0 Å². The molecule has 0 heterocycles. The highest BCUT2D eigenvalue weighted by molar-refractivity contribution is 9.05. The molecule has 0 fully saturated rings. The van der Waals surface area contributed by atoms with Crippen LogP contribution in [-0.4, -0.2) is 39.1 Å². The first-order valence-corrected chi connectivity index (χ1v) is 7.08. The number of carbonyl (C=O) groups excluding carboxylic acids is 1. The zero-order valence-electron chi connectivity index (χ0n) is 7.41. The molecule has 84 valence electrons. The number of aliphatic hydroxyl groups is 3. The van der Waals surface area contributed by atoms with Gasteiger partial charge in [0.1, 0.15) is 5.75 Å². The van der Waals surface area contributed by atoms with Crippen LogP contribution >= 0.6 is 32.3 Å². The molecule has 0 amide bonds. The summed E-state index contributed by atoms with van der Waals surface area (Å²) >= 11 is 3.79. The van der Waals surface area contributed by atoms with Crippen LogP contribution in [-0.2, 0) is 9.53 Å². The lowest BCUT2D eigenvalue weighted by molar-refractivity contribution is -0.355. The number of hydrogen-bond donors (Lipinski definition) is 4. The van der Waals surface area contributed by atoms with Crippen LogP contribution in [0.5, 0.6) is 0 Å². The molecule has 0 rings (SSSR count). The maximum absolute atomic E-state index is 11.0. The van der Waals surface area contributed by atoms with Gasteiger partial charge in [-0.25, -0.2) is 0 Å². The van der Waals surface area contributed by atoms with Crippen molar-refractivity contribution in [3.63, 3.8) is 0 Å². The summed E-state index contributed by atoms with van der Waals surface area (Å²) in [6, 6.07) is 0. The van der Waals surface area contributed by atoms with E-state index in [1.807, 2.05) is 0 Å². The Morgan fingerprint density at radius 3 is 2.50 bits per heavy atom. The first-order valence-electron chi connectivity index (χ1n) is 3.71. The molecule has 8 heteroatoms. The Kier molecular flexibility index (Phi) is 7.00. The van der Waals surface area contributed by atoms with Gasteiger partial charge in [-0.3, -0.25) is 4.79 Å². The zero-order valence-corrected chi connectivity index (χ0v) is 9.94. The third-order valence-electron chi connectivity index (χ3n) is 1.31. The normalized spacial score (nSPS) is 13.8. The summed E-state index contributed by atoms with van der Waals surface area (Å²) < 4.78 is 4.61. The van der Waals surface area contributed by atoms with E-state index in [0.29, 0.717) is 0 Å². The Morgan fingerprint density at radius 2 is 2.14 bits per heavy atom. The van der Waals surface area contributed by atoms with Crippen LogP contribution in [0.2, 0.25) is 0 Å². The summed E-state index contributed by atoms with van der Waals surface area (Å²) in [5.74, 6) is -3.59. The summed E-state index contributed by atoms with van der Waals surface area (Å²) in [4.78, 5) is 11.0. The minimum atomic E-state index is -2.98. The third-order valence-corrected chi connectivity index (χ3v) is 3.38. The van der Waals surface area contributed by atoms with Crippen LogP contribution in [0.1, 0.15) is 13.3 Å². The molecule has 0 aliphatic heterocycles. The highest BCUT2D eigenvalue weighted by Gasteiger charge is 2.34. The molecule has 3 N–H and O–H groups in total. The summed E-state index contributed by atoms with van der Waals surface area (Å²) in [5, 5.41) is 26.3. The van der Waals surface area contributed by atoms with E-state index in [1.165, 1.54) is 0 Å². The van der Waals surface area contributed by atoms with Crippen molar-refractivity contribution >= 4 is 38.2 Å². The maximum atomic E-state index is 11.0. The van der Waals surface area contributed by atoms with Gasteiger partial charge in [-0.1, -0.05) is 29.4 Å². The smallest absolute Gasteiger partial charge is 0.317 e. The lowest BCUT2D eigenvalue weighted by Gasteiger charge is -2.24. The van der Waals surface area contributed by atoms with Gasteiger partial charge in [0.15, 0.2) is 6.10 Å². The third kappa shape index (κ3) is 5.99. The Balaban J connectivity index is 4.00. The molecule has 0 aromatic heterocycles. The SMILES string of the molecule is CCC(OC(=O)CSSS)C(O)(O)O. The predicted octanol–water partition coefficient (Wildman–Crippen LogP) is 0.165.